The van der Waals surface area contributed by atoms with Crippen LogP contribution in [0.3, 0.4) is 0 Å². The van der Waals surface area contributed by atoms with E-state index in [4.69, 9.17) is 11.6 Å². The number of rotatable bonds is 3. The van der Waals surface area contributed by atoms with Crippen LogP contribution in [0.2, 0.25) is 5.15 Å². The second kappa shape index (κ2) is 6.02. The minimum absolute atomic E-state index is 0.132. The monoisotopic (exact) mass is 303 g/mol. The van der Waals surface area contributed by atoms with Gasteiger partial charge in [0.25, 0.3) is 0 Å². The molecule has 0 radical (unpaired) electrons. The minimum Gasteiger partial charge on any atom is -0.363 e. The fourth-order valence-corrected chi connectivity index (χ4v) is 2.38. The summed E-state index contributed by atoms with van der Waals surface area (Å²) in [5, 5.41) is 3.88. The summed E-state index contributed by atoms with van der Waals surface area (Å²) < 4.78 is 0. The predicted molar refractivity (Wildman–Crippen MR) is 89.0 cm³/mol. The standard InChI is InChI=1S/C17H22ClN3/c1-11-8-6-7-9-13(11)12(2)19-15-10-14(18)20-16(21-15)17(3,4)5/h6-10,12H,1-5H3,(H,19,20,21). The fourth-order valence-electron chi connectivity index (χ4n) is 2.20. The molecule has 2 aromatic rings. The van der Waals surface area contributed by atoms with Crippen molar-refractivity contribution in [2.75, 3.05) is 5.32 Å². The largest absolute Gasteiger partial charge is 0.363 e. The zero-order chi connectivity index (χ0) is 15.6. The average Bonchev–Trinajstić information content (AvgIpc) is 2.37. The lowest BCUT2D eigenvalue weighted by Gasteiger charge is -2.20. The first-order valence-electron chi connectivity index (χ1n) is 7.14. The lowest BCUT2D eigenvalue weighted by Crippen LogP contribution is -2.18. The van der Waals surface area contributed by atoms with Crippen LogP contribution in [0.5, 0.6) is 0 Å². The van der Waals surface area contributed by atoms with Gasteiger partial charge in [0.05, 0.1) is 6.04 Å². The highest BCUT2D eigenvalue weighted by Crippen LogP contribution is 2.25. The molecule has 1 N–H and O–H groups in total. The Morgan fingerprint density at radius 3 is 2.43 bits per heavy atom. The van der Waals surface area contributed by atoms with Crippen LogP contribution in [0.4, 0.5) is 5.82 Å². The van der Waals surface area contributed by atoms with E-state index in [1.165, 1.54) is 11.1 Å². The van der Waals surface area contributed by atoms with Crippen LogP contribution in [0, 0.1) is 6.92 Å². The van der Waals surface area contributed by atoms with E-state index in [9.17, 15) is 0 Å². The van der Waals surface area contributed by atoms with Crippen molar-refractivity contribution in [3.05, 3.63) is 52.4 Å². The van der Waals surface area contributed by atoms with Crippen molar-refractivity contribution < 1.29 is 0 Å². The van der Waals surface area contributed by atoms with Gasteiger partial charge in [-0.15, -0.1) is 0 Å². The molecule has 0 saturated heterocycles. The topological polar surface area (TPSA) is 37.8 Å². The van der Waals surface area contributed by atoms with Crippen molar-refractivity contribution >= 4 is 17.4 Å². The van der Waals surface area contributed by atoms with Crippen LogP contribution in [0.15, 0.2) is 30.3 Å². The van der Waals surface area contributed by atoms with Crippen molar-refractivity contribution in [3.63, 3.8) is 0 Å². The van der Waals surface area contributed by atoms with Crippen LogP contribution in [0.25, 0.3) is 0 Å². The molecule has 0 aliphatic rings. The van der Waals surface area contributed by atoms with Crippen molar-refractivity contribution in [2.24, 2.45) is 0 Å². The first-order valence-corrected chi connectivity index (χ1v) is 7.52. The zero-order valence-corrected chi connectivity index (χ0v) is 14.0. The number of halogens is 1. The molecular weight excluding hydrogens is 282 g/mol. The maximum absolute atomic E-state index is 6.13. The van der Waals surface area contributed by atoms with E-state index in [1.54, 1.807) is 6.07 Å². The normalized spacial score (nSPS) is 13.0. The first-order chi connectivity index (χ1) is 9.77. The van der Waals surface area contributed by atoms with Crippen molar-refractivity contribution in [1.82, 2.24) is 9.97 Å². The Morgan fingerprint density at radius 2 is 1.81 bits per heavy atom. The third-order valence-corrected chi connectivity index (χ3v) is 3.58. The summed E-state index contributed by atoms with van der Waals surface area (Å²) in [5.74, 6) is 1.50. The van der Waals surface area contributed by atoms with Crippen LogP contribution in [0.1, 0.15) is 50.7 Å². The molecule has 1 atom stereocenters. The lowest BCUT2D eigenvalue weighted by molar-refractivity contribution is 0.545. The molecular formula is C17H22ClN3. The molecule has 3 nitrogen and oxygen atoms in total. The SMILES string of the molecule is Cc1ccccc1C(C)Nc1cc(Cl)nc(C(C)(C)C)n1. The maximum Gasteiger partial charge on any atom is 0.137 e. The van der Waals surface area contributed by atoms with E-state index in [1.807, 2.05) is 12.1 Å². The number of nitrogens with zero attached hydrogens (tertiary/aromatic N) is 2. The second-order valence-electron chi connectivity index (χ2n) is 6.37. The summed E-state index contributed by atoms with van der Waals surface area (Å²) >= 11 is 6.13. The van der Waals surface area contributed by atoms with Gasteiger partial charge in [0, 0.05) is 11.5 Å². The molecule has 1 unspecified atom stereocenters. The molecule has 0 bridgehead atoms. The number of aryl methyl sites for hydroxylation is 1. The number of aromatic nitrogens is 2. The predicted octanol–water partition coefficient (Wildman–Crippen LogP) is 4.91. The van der Waals surface area contributed by atoms with Crippen molar-refractivity contribution in [2.45, 2.75) is 46.1 Å². The first kappa shape index (κ1) is 15.8. The van der Waals surface area contributed by atoms with Gasteiger partial charge in [0.1, 0.15) is 16.8 Å². The van der Waals surface area contributed by atoms with E-state index in [0.29, 0.717) is 5.15 Å². The summed E-state index contributed by atoms with van der Waals surface area (Å²) in [7, 11) is 0. The highest BCUT2D eigenvalue weighted by Gasteiger charge is 2.19. The number of benzene rings is 1. The molecule has 0 spiro atoms. The average molecular weight is 304 g/mol. The third kappa shape index (κ3) is 3.94. The summed E-state index contributed by atoms with van der Waals surface area (Å²) in [6, 6.07) is 10.3. The van der Waals surface area contributed by atoms with Crippen LogP contribution in [-0.2, 0) is 5.41 Å². The third-order valence-electron chi connectivity index (χ3n) is 3.39. The van der Waals surface area contributed by atoms with Crippen LogP contribution >= 0.6 is 11.6 Å². The molecule has 0 fully saturated rings. The highest BCUT2D eigenvalue weighted by atomic mass is 35.5. The molecule has 0 aliphatic carbocycles. The lowest BCUT2D eigenvalue weighted by atomic mass is 9.96. The van der Waals surface area contributed by atoms with E-state index in [0.717, 1.165) is 11.6 Å². The molecule has 21 heavy (non-hydrogen) atoms. The van der Waals surface area contributed by atoms with Gasteiger partial charge in [-0.3, -0.25) is 0 Å². The summed E-state index contributed by atoms with van der Waals surface area (Å²) in [6.45, 7) is 10.5. The van der Waals surface area contributed by atoms with Gasteiger partial charge in [-0.05, 0) is 25.0 Å². The summed E-state index contributed by atoms with van der Waals surface area (Å²) in [6.07, 6.45) is 0. The van der Waals surface area contributed by atoms with Gasteiger partial charge in [-0.2, -0.15) is 0 Å². The Morgan fingerprint density at radius 1 is 1.14 bits per heavy atom. The smallest absolute Gasteiger partial charge is 0.137 e. The Bertz CT molecular complexity index is 632. The second-order valence-corrected chi connectivity index (χ2v) is 6.76. The number of hydrogen-bond donors (Lipinski definition) is 1. The summed E-state index contributed by atoms with van der Waals surface area (Å²) in [5.41, 5.74) is 2.38. The van der Waals surface area contributed by atoms with Gasteiger partial charge in [-0.25, -0.2) is 9.97 Å². The van der Waals surface area contributed by atoms with E-state index < -0.39 is 0 Å². The molecule has 0 saturated carbocycles. The molecule has 1 heterocycles. The molecule has 0 aliphatic heterocycles. The number of anilines is 1. The van der Waals surface area contributed by atoms with Gasteiger partial charge in [0.2, 0.25) is 0 Å². The van der Waals surface area contributed by atoms with Crippen molar-refractivity contribution in [3.8, 4) is 0 Å². The molecule has 1 aromatic carbocycles. The Balaban J connectivity index is 2.28. The fraction of sp³-hybridized carbons (Fsp3) is 0.412. The van der Waals surface area contributed by atoms with E-state index in [2.05, 4.69) is 62.0 Å². The van der Waals surface area contributed by atoms with Gasteiger partial charge in [0.15, 0.2) is 0 Å². The molecule has 1 aromatic heterocycles. The van der Waals surface area contributed by atoms with E-state index in [-0.39, 0.29) is 11.5 Å². The minimum atomic E-state index is -0.132. The quantitative estimate of drug-likeness (QED) is 0.819. The van der Waals surface area contributed by atoms with Gasteiger partial charge < -0.3 is 5.32 Å². The molecule has 112 valence electrons. The Hall–Kier alpha value is -1.61. The number of hydrogen-bond acceptors (Lipinski definition) is 3. The van der Waals surface area contributed by atoms with E-state index >= 15 is 0 Å². The van der Waals surface area contributed by atoms with Gasteiger partial charge in [-0.1, -0.05) is 56.6 Å². The maximum atomic E-state index is 6.13. The molecule has 0 amide bonds. The Labute approximate surface area is 131 Å². The number of nitrogens with one attached hydrogen (secondary N) is 1. The van der Waals surface area contributed by atoms with Crippen molar-refractivity contribution in [1.29, 1.82) is 0 Å². The van der Waals surface area contributed by atoms with Crippen LogP contribution in [-0.4, -0.2) is 9.97 Å². The Kier molecular flexibility index (Phi) is 4.52. The van der Waals surface area contributed by atoms with Gasteiger partial charge >= 0.3 is 0 Å². The molecule has 4 heteroatoms. The highest BCUT2D eigenvalue weighted by molar-refractivity contribution is 6.29. The molecule has 2 rings (SSSR count). The summed E-state index contributed by atoms with van der Waals surface area (Å²) in [4.78, 5) is 8.91. The zero-order valence-electron chi connectivity index (χ0n) is 13.2. The van der Waals surface area contributed by atoms with Crippen LogP contribution < -0.4 is 5.32 Å².